The molecule has 0 radical (unpaired) electrons. The second-order valence-electron chi connectivity index (χ2n) is 9.41. The summed E-state index contributed by atoms with van der Waals surface area (Å²) in [4.78, 5) is 15.2. The maximum absolute atomic E-state index is 13.4. The van der Waals surface area contributed by atoms with E-state index < -0.39 is 10.0 Å². The first kappa shape index (κ1) is 23.6. The summed E-state index contributed by atoms with van der Waals surface area (Å²) in [6, 6.07) is 20.8. The van der Waals surface area contributed by atoms with E-state index in [0.29, 0.717) is 17.2 Å². The summed E-state index contributed by atoms with van der Waals surface area (Å²) in [5, 5.41) is 0. The van der Waals surface area contributed by atoms with Crippen LogP contribution in [0.5, 0.6) is 5.75 Å². The number of fused-ring (bicyclic) bond motifs is 1. The standard InChI is InChI=1S/C28H30N2O4S/c1-20-8-12-26(16-21(20)2)35(32,33)29-14-15-34-27-13-9-22(17-24(27)19-29)18-30(28(31)23-10-11-23)25-6-4-3-5-7-25/h3-9,12-13,16-17,23H,10-11,14-15,18-19H2,1-2H3. The molecule has 3 aromatic carbocycles. The van der Waals surface area contributed by atoms with Crippen LogP contribution in [0.3, 0.4) is 0 Å². The topological polar surface area (TPSA) is 66.9 Å². The highest BCUT2D eigenvalue weighted by Crippen LogP contribution is 2.34. The zero-order chi connectivity index (χ0) is 24.6. The first-order valence-corrected chi connectivity index (χ1v) is 13.5. The monoisotopic (exact) mass is 490 g/mol. The zero-order valence-electron chi connectivity index (χ0n) is 20.1. The average molecular weight is 491 g/mol. The van der Waals surface area contributed by atoms with Crippen LogP contribution in [0.25, 0.3) is 0 Å². The van der Waals surface area contributed by atoms with Gasteiger partial charge in [-0.3, -0.25) is 4.79 Å². The highest BCUT2D eigenvalue weighted by atomic mass is 32.2. The lowest BCUT2D eigenvalue weighted by molar-refractivity contribution is -0.119. The van der Waals surface area contributed by atoms with Crippen LogP contribution in [-0.2, 0) is 27.9 Å². The number of ether oxygens (including phenoxy) is 1. The highest BCUT2D eigenvalue weighted by molar-refractivity contribution is 7.89. The van der Waals surface area contributed by atoms with Crippen LogP contribution >= 0.6 is 0 Å². The molecule has 1 aliphatic carbocycles. The van der Waals surface area contributed by atoms with Gasteiger partial charge in [0.2, 0.25) is 15.9 Å². The fourth-order valence-corrected chi connectivity index (χ4v) is 5.88. The Labute approximate surface area is 207 Å². The number of nitrogens with zero attached hydrogens (tertiary/aromatic N) is 2. The van der Waals surface area contributed by atoms with Crippen molar-refractivity contribution in [3.05, 3.63) is 89.0 Å². The van der Waals surface area contributed by atoms with Crippen LogP contribution < -0.4 is 9.64 Å². The summed E-state index contributed by atoms with van der Waals surface area (Å²) in [6.45, 7) is 5.10. The summed E-state index contributed by atoms with van der Waals surface area (Å²) < 4.78 is 34.3. The summed E-state index contributed by atoms with van der Waals surface area (Å²) >= 11 is 0. The Balaban J connectivity index is 1.42. The van der Waals surface area contributed by atoms with Crippen LogP contribution in [0.15, 0.2) is 71.6 Å². The van der Waals surface area contributed by atoms with Gasteiger partial charge in [0.1, 0.15) is 12.4 Å². The van der Waals surface area contributed by atoms with E-state index in [4.69, 9.17) is 4.74 Å². The summed E-state index contributed by atoms with van der Waals surface area (Å²) in [6.07, 6.45) is 1.87. The third-order valence-corrected chi connectivity index (χ3v) is 8.63. The quantitative estimate of drug-likeness (QED) is 0.496. The molecule has 0 atom stereocenters. The molecule has 6 nitrogen and oxygen atoms in total. The van der Waals surface area contributed by atoms with Crippen molar-refractivity contribution in [1.82, 2.24) is 4.31 Å². The molecule has 5 rings (SSSR count). The molecule has 0 N–H and O–H groups in total. The Morgan fingerprint density at radius 2 is 1.77 bits per heavy atom. The number of para-hydroxylation sites is 1. The molecule has 1 heterocycles. The lowest BCUT2D eigenvalue weighted by Crippen LogP contribution is -2.33. The minimum atomic E-state index is -3.67. The zero-order valence-corrected chi connectivity index (χ0v) is 20.9. The number of benzene rings is 3. The van der Waals surface area contributed by atoms with Crippen molar-refractivity contribution in [3.63, 3.8) is 0 Å². The van der Waals surface area contributed by atoms with E-state index in [1.165, 1.54) is 4.31 Å². The van der Waals surface area contributed by atoms with Crippen molar-refractivity contribution < 1.29 is 17.9 Å². The van der Waals surface area contributed by atoms with Gasteiger partial charge < -0.3 is 9.64 Å². The molecule has 1 aliphatic heterocycles. The molecule has 0 spiro atoms. The number of amides is 1. The summed E-state index contributed by atoms with van der Waals surface area (Å²) in [7, 11) is -3.67. The Bertz CT molecular complexity index is 1350. The van der Waals surface area contributed by atoms with Crippen molar-refractivity contribution in [2.24, 2.45) is 5.92 Å². The van der Waals surface area contributed by atoms with Crippen LogP contribution in [0.1, 0.15) is 35.1 Å². The van der Waals surface area contributed by atoms with Gasteiger partial charge in [0.25, 0.3) is 0 Å². The minimum Gasteiger partial charge on any atom is -0.492 e. The average Bonchev–Trinajstić information content (AvgIpc) is 3.71. The predicted molar refractivity (Wildman–Crippen MR) is 136 cm³/mol. The molecular weight excluding hydrogens is 460 g/mol. The fraction of sp³-hybridized carbons (Fsp3) is 0.321. The van der Waals surface area contributed by atoms with Gasteiger partial charge in [0.15, 0.2) is 0 Å². The number of rotatable bonds is 6. The van der Waals surface area contributed by atoms with Crippen molar-refractivity contribution >= 4 is 21.6 Å². The predicted octanol–water partition coefficient (Wildman–Crippen LogP) is 4.83. The Morgan fingerprint density at radius 1 is 1.00 bits per heavy atom. The van der Waals surface area contributed by atoms with Crippen molar-refractivity contribution in [2.45, 2.75) is 44.7 Å². The van der Waals surface area contributed by atoms with Gasteiger partial charge in [0.05, 0.1) is 11.4 Å². The van der Waals surface area contributed by atoms with E-state index in [-0.39, 0.29) is 31.5 Å². The van der Waals surface area contributed by atoms with Crippen LogP contribution in [0, 0.1) is 19.8 Å². The fourth-order valence-electron chi connectivity index (χ4n) is 4.39. The number of aryl methyl sites for hydroxylation is 2. The van der Waals surface area contributed by atoms with Crippen LogP contribution in [0.2, 0.25) is 0 Å². The van der Waals surface area contributed by atoms with E-state index in [9.17, 15) is 13.2 Å². The first-order valence-electron chi connectivity index (χ1n) is 12.0. The molecular formula is C28H30N2O4S. The molecule has 0 saturated heterocycles. The van der Waals surface area contributed by atoms with E-state index in [0.717, 1.165) is 40.8 Å². The molecule has 3 aromatic rings. The number of carbonyl (C=O) groups is 1. The summed E-state index contributed by atoms with van der Waals surface area (Å²) in [5.41, 5.74) is 4.62. The Kier molecular flexibility index (Phi) is 6.38. The maximum Gasteiger partial charge on any atom is 0.243 e. The number of anilines is 1. The lowest BCUT2D eigenvalue weighted by Gasteiger charge is -2.24. The summed E-state index contributed by atoms with van der Waals surface area (Å²) in [5.74, 6) is 0.922. The van der Waals surface area contributed by atoms with Crippen molar-refractivity contribution in [2.75, 3.05) is 18.1 Å². The highest BCUT2D eigenvalue weighted by Gasteiger charge is 2.34. The largest absolute Gasteiger partial charge is 0.492 e. The van der Waals surface area contributed by atoms with Gasteiger partial charge in [-0.2, -0.15) is 4.31 Å². The van der Waals surface area contributed by atoms with Gasteiger partial charge in [-0.1, -0.05) is 30.3 Å². The number of hydrogen-bond acceptors (Lipinski definition) is 4. The SMILES string of the molecule is Cc1ccc(S(=O)(=O)N2CCOc3ccc(CN(C(=O)C4CC4)c4ccccc4)cc3C2)cc1C. The van der Waals surface area contributed by atoms with E-state index in [1.54, 1.807) is 12.1 Å². The van der Waals surface area contributed by atoms with Gasteiger partial charge in [-0.05, 0) is 79.8 Å². The van der Waals surface area contributed by atoms with Gasteiger partial charge in [-0.15, -0.1) is 0 Å². The van der Waals surface area contributed by atoms with Crippen molar-refractivity contribution in [1.29, 1.82) is 0 Å². The molecule has 0 aromatic heterocycles. The molecule has 0 unspecified atom stereocenters. The molecule has 1 amide bonds. The Hall–Kier alpha value is -3.16. The number of carbonyl (C=O) groups excluding carboxylic acids is 1. The van der Waals surface area contributed by atoms with E-state index in [2.05, 4.69) is 0 Å². The van der Waals surface area contributed by atoms with E-state index in [1.807, 2.05) is 73.3 Å². The molecule has 2 aliphatic rings. The third-order valence-electron chi connectivity index (χ3n) is 6.79. The maximum atomic E-state index is 13.4. The molecule has 35 heavy (non-hydrogen) atoms. The molecule has 7 heteroatoms. The van der Waals surface area contributed by atoms with Crippen LogP contribution in [0.4, 0.5) is 5.69 Å². The van der Waals surface area contributed by atoms with Gasteiger partial charge in [0, 0.05) is 30.3 Å². The molecule has 1 saturated carbocycles. The second kappa shape index (κ2) is 9.47. The lowest BCUT2D eigenvalue weighted by atomic mass is 10.1. The number of sulfonamides is 1. The molecule has 0 bridgehead atoms. The second-order valence-corrected chi connectivity index (χ2v) is 11.3. The Morgan fingerprint density at radius 3 is 2.49 bits per heavy atom. The molecule has 182 valence electrons. The smallest absolute Gasteiger partial charge is 0.243 e. The normalized spacial score (nSPS) is 16.2. The first-order chi connectivity index (χ1) is 16.8. The molecule has 1 fully saturated rings. The van der Waals surface area contributed by atoms with Crippen molar-refractivity contribution in [3.8, 4) is 5.75 Å². The third kappa shape index (κ3) is 4.97. The van der Waals surface area contributed by atoms with Crippen LogP contribution in [-0.4, -0.2) is 31.8 Å². The van der Waals surface area contributed by atoms with E-state index >= 15 is 0 Å². The van der Waals surface area contributed by atoms with Gasteiger partial charge in [-0.25, -0.2) is 8.42 Å². The number of hydrogen-bond donors (Lipinski definition) is 0. The minimum absolute atomic E-state index is 0.0953. The van der Waals surface area contributed by atoms with Gasteiger partial charge >= 0.3 is 0 Å².